The van der Waals surface area contributed by atoms with Gasteiger partial charge in [-0.15, -0.1) is 0 Å². The van der Waals surface area contributed by atoms with Gasteiger partial charge in [0.25, 0.3) is 0 Å². The van der Waals surface area contributed by atoms with Crippen molar-refractivity contribution in [3.8, 4) is 34.0 Å². The Hall–Kier alpha value is -5.54. The van der Waals surface area contributed by atoms with Gasteiger partial charge in [-0.05, 0) is 104 Å². The quantitative estimate of drug-likeness (QED) is 0.0957. The molecule has 4 aromatic carbocycles. The van der Waals surface area contributed by atoms with Crippen molar-refractivity contribution in [3.63, 3.8) is 0 Å². The second-order valence-corrected chi connectivity index (χ2v) is 19.8. The molecular weight excluding hydrogens is 737 g/mol. The summed E-state index contributed by atoms with van der Waals surface area (Å²) in [7, 11) is 0. The molecule has 0 saturated heterocycles. The summed E-state index contributed by atoms with van der Waals surface area (Å²) in [5.74, 6) is 2.00. The summed E-state index contributed by atoms with van der Waals surface area (Å²) in [6, 6.07) is 28.4. The molecular formula is C50H62N4O5. The average Bonchev–Trinajstić information content (AvgIpc) is 3.83. The monoisotopic (exact) mass is 798 g/mol. The molecule has 0 fully saturated rings. The van der Waals surface area contributed by atoms with Crippen LogP contribution in [-0.4, -0.2) is 20.5 Å². The van der Waals surface area contributed by atoms with E-state index in [0.29, 0.717) is 36.1 Å². The maximum atomic E-state index is 11.1. The fraction of sp³-hybridized carbons (Fsp3) is 0.400. The van der Waals surface area contributed by atoms with Gasteiger partial charge in [-0.1, -0.05) is 118 Å². The summed E-state index contributed by atoms with van der Waals surface area (Å²) in [5.41, 5.74) is 10.7. The van der Waals surface area contributed by atoms with E-state index in [0.717, 1.165) is 67.3 Å². The fourth-order valence-corrected chi connectivity index (χ4v) is 7.09. The van der Waals surface area contributed by atoms with Crippen LogP contribution in [0.2, 0.25) is 0 Å². The number of phenols is 2. The zero-order valence-corrected chi connectivity index (χ0v) is 36.9. The fourth-order valence-electron chi connectivity index (χ4n) is 7.09. The third kappa shape index (κ3) is 10.6. The van der Waals surface area contributed by atoms with Crippen LogP contribution in [0, 0.1) is 0 Å². The zero-order valence-electron chi connectivity index (χ0n) is 36.9. The van der Waals surface area contributed by atoms with Gasteiger partial charge in [-0.25, -0.2) is 0 Å². The Morgan fingerprint density at radius 2 is 0.780 bits per heavy atom. The molecule has 0 aliphatic carbocycles. The molecule has 0 saturated carbocycles. The van der Waals surface area contributed by atoms with Crippen LogP contribution in [0.15, 0.2) is 94.0 Å². The normalized spacial score (nSPS) is 12.5. The molecule has 0 unspecified atom stereocenters. The number of ether oxygens (including phenoxy) is 1. The van der Waals surface area contributed by atoms with Crippen LogP contribution in [0.3, 0.4) is 0 Å². The lowest BCUT2D eigenvalue weighted by atomic mass is 9.78. The largest absolute Gasteiger partial charge is 0.507 e. The summed E-state index contributed by atoms with van der Waals surface area (Å²) in [6.45, 7) is 27.3. The van der Waals surface area contributed by atoms with E-state index < -0.39 is 0 Å². The van der Waals surface area contributed by atoms with E-state index in [1.807, 2.05) is 60.7 Å². The van der Waals surface area contributed by atoms with Crippen molar-refractivity contribution in [2.24, 2.45) is 0 Å². The highest BCUT2D eigenvalue weighted by Gasteiger charge is 2.28. The Morgan fingerprint density at radius 1 is 0.475 bits per heavy atom. The minimum atomic E-state index is -0.178. The molecule has 2 aromatic heterocycles. The van der Waals surface area contributed by atoms with Crippen molar-refractivity contribution in [1.29, 1.82) is 0 Å². The molecule has 6 rings (SSSR count). The summed E-state index contributed by atoms with van der Waals surface area (Å²) in [5, 5.41) is 37.8. The van der Waals surface area contributed by atoms with E-state index in [2.05, 4.69) is 128 Å². The highest BCUT2D eigenvalue weighted by molar-refractivity contribution is 5.64. The second-order valence-electron chi connectivity index (χ2n) is 19.8. The van der Waals surface area contributed by atoms with Crippen LogP contribution in [0.5, 0.6) is 11.5 Å². The molecule has 0 bridgehead atoms. The minimum absolute atomic E-state index is 0.178. The topological polar surface area (TPSA) is 126 Å². The molecule has 0 aliphatic rings. The molecule has 312 valence electrons. The Kier molecular flexibility index (Phi) is 12.1. The maximum Gasteiger partial charge on any atom is 0.163 e. The zero-order chi connectivity index (χ0) is 42.9. The SMILES string of the molecule is CC(C)(C)c1cc(CNc2ccc(-c3cc(COCc4cc(-c5ccc(NCc6cc(C(C)(C)C)c(O)c(C(C)(C)C)c6)cc5)no4)on3)cc2)cc(C(C)(C)C)c1O. The standard InChI is InChI=1S/C50H62N4O5/c1-47(2,3)39-21-31(22-40(45(39)55)48(4,5)6)27-51-35-17-13-33(14-18-35)43-25-37(58-53-43)29-57-30-38-26-44(54-59-38)34-15-19-36(20-16-34)52-28-32-23-41(49(7,8)9)46(56)42(24-32)50(10,11)12/h13-26,51-52,55-56H,27-30H2,1-12H3. The van der Waals surface area contributed by atoms with Gasteiger partial charge in [0, 0.05) is 47.7 Å². The van der Waals surface area contributed by atoms with Crippen molar-refractivity contribution >= 4 is 11.4 Å². The molecule has 9 heteroatoms. The Morgan fingerprint density at radius 3 is 1.07 bits per heavy atom. The summed E-state index contributed by atoms with van der Waals surface area (Å²) >= 11 is 0. The molecule has 0 spiro atoms. The van der Waals surface area contributed by atoms with E-state index in [-0.39, 0.29) is 34.9 Å². The van der Waals surface area contributed by atoms with Crippen molar-refractivity contribution in [3.05, 3.63) is 130 Å². The first-order valence-electron chi connectivity index (χ1n) is 20.5. The lowest BCUT2D eigenvalue weighted by Gasteiger charge is -2.28. The van der Waals surface area contributed by atoms with E-state index in [1.165, 1.54) is 0 Å². The number of nitrogens with zero attached hydrogens (tertiary/aromatic N) is 2. The van der Waals surface area contributed by atoms with E-state index in [1.54, 1.807) is 0 Å². The Labute approximate surface area is 350 Å². The van der Waals surface area contributed by atoms with Gasteiger partial charge < -0.3 is 34.6 Å². The van der Waals surface area contributed by atoms with Gasteiger partial charge in [-0.3, -0.25) is 0 Å². The molecule has 59 heavy (non-hydrogen) atoms. The summed E-state index contributed by atoms with van der Waals surface area (Å²) in [4.78, 5) is 0. The predicted octanol–water partition coefficient (Wildman–Crippen LogP) is 12.5. The number of benzene rings is 4. The molecule has 2 heterocycles. The molecule has 0 aliphatic heterocycles. The van der Waals surface area contributed by atoms with Crippen LogP contribution >= 0.6 is 0 Å². The second kappa shape index (κ2) is 16.6. The molecule has 9 nitrogen and oxygen atoms in total. The molecule has 4 N–H and O–H groups in total. The third-order valence-corrected chi connectivity index (χ3v) is 10.5. The van der Waals surface area contributed by atoms with Crippen molar-refractivity contribution in [2.75, 3.05) is 10.6 Å². The first-order valence-corrected chi connectivity index (χ1v) is 20.5. The van der Waals surface area contributed by atoms with Gasteiger partial charge in [0.05, 0.1) is 0 Å². The molecule has 6 aromatic rings. The number of hydrogen-bond donors (Lipinski definition) is 4. The number of anilines is 2. The van der Waals surface area contributed by atoms with E-state index in [9.17, 15) is 10.2 Å². The van der Waals surface area contributed by atoms with Crippen molar-refractivity contribution in [1.82, 2.24) is 10.3 Å². The van der Waals surface area contributed by atoms with Gasteiger partial charge in [0.1, 0.15) is 36.1 Å². The maximum absolute atomic E-state index is 11.1. The van der Waals surface area contributed by atoms with E-state index in [4.69, 9.17) is 13.8 Å². The van der Waals surface area contributed by atoms with Crippen LogP contribution in [0.25, 0.3) is 22.5 Å². The summed E-state index contributed by atoms with van der Waals surface area (Å²) < 4.78 is 17.1. The molecule has 0 atom stereocenters. The first-order chi connectivity index (χ1) is 27.6. The van der Waals surface area contributed by atoms with E-state index >= 15 is 0 Å². The predicted molar refractivity (Wildman–Crippen MR) is 238 cm³/mol. The van der Waals surface area contributed by atoms with Crippen molar-refractivity contribution < 1.29 is 24.0 Å². The van der Waals surface area contributed by atoms with Crippen molar-refractivity contribution in [2.45, 2.75) is 131 Å². The average molecular weight is 799 g/mol. The minimum Gasteiger partial charge on any atom is -0.507 e. The van der Waals surface area contributed by atoms with Gasteiger partial charge in [-0.2, -0.15) is 0 Å². The first kappa shape index (κ1) is 43.0. The molecule has 0 amide bonds. The number of aromatic hydroxyl groups is 2. The lowest BCUT2D eigenvalue weighted by Crippen LogP contribution is -2.18. The van der Waals surface area contributed by atoms with Gasteiger partial charge in [0.2, 0.25) is 0 Å². The number of rotatable bonds is 12. The smallest absolute Gasteiger partial charge is 0.163 e. The van der Waals surface area contributed by atoms with Crippen LogP contribution in [-0.2, 0) is 52.7 Å². The van der Waals surface area contributed by atoms with Crippen LogP contribution in [0.4, 0.5) is 11.4 Å². The Bertz CT molecular complexity index is 2120. The number of phenolic OH excluding ortho intramolecular Hbond substituents is 2. The van der Waals surface area contributed by atoms with Gasteiger partial charge >= 0.3 is 0 Å². The number of aromatic nitrogens is 2. The lowest BCUT2D eigenvalue weighted by molar-refractivity contribution is 0.0727. The Balaban J connectivity index is 0.998. The van der Waals surface area contributed by atoms with Crippen LogP contribution < -0.4 is 10.6 Å². The summed E-state index contributed by atoms with van der Waals surface area (Å²) in [6.07, 6.45) is 0. The van der Waals surface area contributed by atoms with Gasteiger partial charge in [0.15, 0.2) is 11.5 Å². The molecule has 0 radical (unpaired) electrons. The number of nitrogens with one attached hydrogen (secondary N) is 2. The number of hydrogen-bond acceptors (Lipinski definition) is 9. The van der Waals surface area contributed by atoms with Crippen LogP contribution in [0.1, 0.15) is 128 Å². The highest BCUT2D eigenvalue weighted by atomic mass is 16.5. The highest BCUT2D eigenvalue weighted by Crippen LogP contribution is 2.41. The third-order valence-electron chi connectivity index (χ3n) is 10.5.